The number of β-amino-alcohol motifs (C(OH)–C–C–N with tert-alkyl or cyclic N) is 2. The molecular weight excluding hydrogens is 270 g/mol. The van der Waals surface area contributed by atoms with E-state index in [-0.39, 0.29) is 23.8 Å². The standard InChI is InChI=1S/C12H15NO5S/c1-8(14)9-2-4-10(5-3-9)19(17,18)13-6-11(15)12(16)7-13/h2-5,11-12,15-16H,6-7H2,1H3. The first-order valence-electron chi connectivity index (χ1n) is 5.79. The van der Waals surface area contributed by atoms with Gasteiger partial charge in [-0.3, -0.25) is 4.79 Å². The molecule has 1 aliphatic rings. The van der Waals surface area contributed by atoms with Gasteiger partial charge in [0.05, 0.1) is 17.1 Å². The first-order chi connectivity index (χ1) is 8.82. The van der Waals surface area contributed by atoms with Crippen LogP contribution in [0, 0.1) is 0 Å². The van der Waals surface area contributed by atoms with E-state index in [9.17, 15) is 23.4 Å². The molecule has 7 heteroatoms. The van der Waals surface area contributed by atoms with E-state index >= 15 is 0 Å². The van der Waals surface area contributed by atoms with Crippen LogP contribution in [0.2, 0.25) is 0 Å². The van der Waals surface area contributed by atoms with E-state index < -0.39 is 22.2 Å². The maximum Gasteiger partial charge on any atom is 0.243 e. The smallest absolute Gasteiger partial charge is 0.243 e. The molecule has 2 rings (SSSR count). The van der Waals surface area contributed by atoms with Crippen LogP contribution in [0.3, 0.4) is 0 Å². The van der Waals surface area contributed by atoms with Crippen molar-refractivity contribution < 1.29 is 23.4 Å². The highest BCUT2D eigenvalue weighted by Crippen LogP contribution is 2.21. The molecule has 1 aliphatic heterocycles. The number of carbonyl (C=O) groups is 1. The Bertz CT molecular complexity index is 571. The third kappa shape index (κ3) is 2.69. The third-order valence-electron chi connectivity index (χ3n) is 3.12. The van der Waals surface area contributed by atoms with Crippen LogP contribution in [-0.2, 0) is 10.0 Å². The summed E-state index contributed by atoms with van der Waals surface area (Å²) in [6.45, 7) is 1.15. The summed E-state index contributed by atoms with van der Waals surface area (Å²) in [4.78, 5) is 11.2. The summed E-state index contributed by atoms with van der Waals surface area (Å²) in [6.07, 6.45) is -2.13. The summed E-state index contributed by atoms with van der Waals surface area (Å²) in [6, 6.07) is 5.59. The van der Waals surface area contributed by atoms with Crippen molar-refractivity contribution in [1.82, 2.24) is 4.31 Å². The Kier molecular flexibility index (Phi) is 3.73. The van der Waals surface area contributed by atoms with Gasteiger partial charge < -0.3 is 10.2 Å². The Hall–Kier alpha value is -1.28. The number of aliphatic hydroxyl groups excluding tert-OH is 2. The van der Waals surface area contributed by atoms with Crippen molar-refractivity contribution in [2.24, 2.45) is 0 Å². The van der Waals surface area contributed by atoms with Crippen molar-refractivity contribution in [2.75, 3.05) is 13.1 Å². The zero-order chi connectivity index (χ0) is 14.2. The van der Waals surface area contributed by atoms with Gasteiger partial charge in [0.25, 0.3) is 0 Å². The molecule has 0 bridgehead atoms. The molecule has 0 amide bonds. The molecule has 0 aromatic heterocycles. The Morgan fingerprint density at radius 3 is 2.05 bits per heavy atom. The van der Waals surface area contributed by atoms with Gasteiger partial charge in [-0.2, -0.15) is 4.31 Å². The zero-order valence-corrected chi connectivity index (χ0v) is 11.2. The molecule has 19 heavy (non-hydrogen) atoms. The number of benzene rings is 1. The minimum Gasteiger partial charge on any atom is -0.389 e. The highest BCUT2D eigenvalue weighted by atomic mass is 32.2. The topological polar surface area (TPSA) is 94.9 Å². The van der Waals surface area contributed by atoms with Crippen LogP contribution in [-0.4, -0.2) is 54.0 Å². The molecule has 0 aliphatic carbocycles. The van der Waals surface area contributed by atoms with E-state index in [0.29, 0.717) is 5.56 Å². The van der Waals surface area contributed by atoms with Crippen LogP contribution in [0.1, 0.15) is 17.3 Å². The average Bonchev–Trinajstić information content (AvgIpc) is 2.70. The van der Waals surface area contributed by atoms with Gasteiger partial charge in [0, 0.05) is 18.7 Å². The predicted molar refractivity (Wildman–Crippen MR) is 67.2 cm³/mol. The van der Waals surface area contributed by atoms with Crippen LogP contribution in [0.4, 0.5) is 0 Å². The van der Waals surface area contributed by atoms with Gasteiger partial charge in [0.1, 0.15) is 0 Å². The molecule has 0 saturated carbocycles. The number of rotatable bonds is 3. The summed E-state index contributed by atoms with van der Waals surface area (Å²) in [7, 11) is -3.74. The second kappa shape index (κ2) is 5.01. The molecule has 1 aromatic rings. The quantitative estimate of drug-likeness (QED) is 0.738. The second-order valence-electron chi connectivity index (χ2n) is 4.54. The van der Waals surface area contributed by atoms with E-state index in [1.807, 2.05) is 0 Å². The molecule has 0 spiro atoms. The summed E-state index contributed by atoms with van der Waals surface area (Å²) in [5.74, 6) is -0.143. The van der Waals surface area contributed by atoms with Gasteiger partial charge in [-0.25, -0.2) is 8.42 Å². The lowest BCUT2D eigenvalue weighted by molar-refractivity contribution is 0.0572. The molecule has 2 atom stereocenters. The fourth-order valence-corrected chi connectivity index (χ4v) is 3.42. The zero-order valence-electron chi connectivity index (χ0n) is 10.4. The molecule has 1 aromatic carbocycles. The number of aliphatic hydroxyl groups is 2. The predicted octanol–water partition coefficient (Wildman–Crippen LogP) is -0.385. The van der Waals surface area contributed by atoms with E-state index in [1.165, 1.54) is 31.2 Å². The van der Waals surface area contributed by atoms with Crippen molar-refractivity contribution in [3.8, 4) is 0 Å². The number of Topliss-reactive ketones (excluding diaryl/α,β-unsaturated/α-hetero) is 1. The molecule has 104 valence electrons. The Morgan fingerprint density at radius 2 is 1.63 bits per heavy atom. The second-order valence-corrected chi connectivity index (χ2v) is 6.48. The normalized spacial score (nSPS) is 24.6. The van der Waals surface area contributed by atoms with Crippen molar-refractivity contribution in [2.45, 2.75) is 24.0 Å². The van der Waals surface area contributed by atoms with Crippen molar-refractivity contribution in [3.05, 3.63) is 29.8 Å². The molecule has 1 saturated heterocycles. The first-order valence-corrected chi connectivity index (χ1v) is 7.23. The van der Waals surface area contributed by atoms with Crippen molar-refractivity contribution in [1.29, 1.82) is 0 Å². The van der Waals surface area contributed by atoms with Crippen LogP contribution in [0.5, 0.6) is 0 Å². The first kappa shape index (κ1) is 14.1. The highest BCUT2D eigenvalue weighted by molar-refractivity contribution is 7.89. The van der Waals surface area contributed by atoms with Gasteiger partial charge in [0.15, 0.2) is 5.78 Å². The molecule has 1 fully saturated rings. The van der Waals surface area contributed by atoms with Gasteiger partial charge in [-0.1, -0.05) is 12.1 Å². The Balaban J connectivity index is 2.27. The third-order valence-corrected chi connectivity index (χ3v) is 4.97. The maximum atomic E-state index is 12.2. The van der Waals surface area contributed by atoms with E-state index in [1.54, 1.807) is 0 Å². The lowest BCUT2D eigenvalue weighted by Crippen LogP contribution is -2.30. The Morgan fingerprint density at radius 1 is 1.16 bits per heavy atom. The molecule has 2 N–H and O–H groups in total. The lowest BCUT2D eigenvalue weighted by atomic mass is 10.2. The minimum absolute atomic E-state index is 0.0406. The van der Waals surface area contributed by atoms with E-state index in [0.717, 1.165) is 4.31 Å². The average molecular weight is 285 g/mol. The number of carbonyl (C=O) groups excluding carboxylic acids is 1. The molecular formula is C12H15NO5S. The summed E-state index contributed by atoms with van der Waals surface area (Å²) >= 11 is 0. The Labute approximate surface area is 111 Å². The summed E-state index contributed by atoms with van der Waals surface area (Å²) in [5.41, 5.74) is 0.431. The fourth-order valence-electron chi connectivity index (χ4n) is 1.94. The fraction of sp³-hybridized carbons (Fsp3) is 0.417. The van der Waals surface area contributed by atoms with E-state index in [2.05, 4.69) is 0 Å². The molecule has 6 nitrogen and oxygen atoms in total. The van der Waals surface area contributed by atoms with Gasteiger partial charge in [0.2, 0.25) is 10.0 Å². The number of ketones is 1. The van der Waals surface area contributed by atoms with Crippen molar-refractivity contribution >= 4 is 15.8 Å². The summed E-state index contributed by atoms with van der Waals surface area (Å²) in [5, 5.41) is 18.8. The number of sulfonamides is 1. The molecule has 1 heterocycles. The van der Waals surface area contributed by atoms with Crippen LogP contribution < -0.4 is 0 Å². The number of hydrogen-bond donors (Lipinski definition) is 2. The van der Waals surface area contributed by atoms with E-state index in [4.69, 9.17) is 0 Å². The maximum absolute atomic E-state index is 12.2. The van der Waals surface area contributed by atoms with Gasteiger partial charge in [-0.05, 0) is 19.1 Å². The van der Waals surface area contributed by atoms with Crippen LogP contribution >= 0.6 is 0 Å². The highest BCUT2D eigenvalue weighted by Gasteiger charge is 2.37. The number of hydrogen-bond acceptors (Lipinski definition) is 5. The molecule has 2 unspecified atom stereocenters. The molecule has 0 radical (unpaired) electrons. The van der Waals surface area contributed by atoms with Crippen molar-refractivity contribution in [3.63, 3.8) is 0 Å². The summed E-state index contributed by atoms with van der Waals surface area (Å²) < 4.78 is 25.5. The van der Waals surface area contributed by atoms with Gasteiger partial charge in [-0.15, -0.1) is 0 Å². The SMILES string of the molecule is CC(=O)c1ccc(S(=O)(=O)N2CC(O)C(O)C2)cc1. The minimum atomic E-state index is -3.74. The van der Waals surface area contributed by atoms with Crippen LogP contribution in [0.15, 0.2) is 29.2 Å². The largest absolute Gasteiger partial charge is 0.389 e. The lowest BCUT2D eigenvalue weighted by Gasteiger charge is -2.15. The number of nitrogens with zero attached hydrogens (tertiary/aromatic N) is 1. The van der Waals surface area contributed by atoms with Crippen LogP contribution in [0.25, 0.3) is 0 Å². The van der Waals surface area contributed by atoms with Gasteiger partial charge >= 0.3 is 0 Å². The monoisotopic (exact) mass is 285 g/mol.